The molecule has 0 bridgehead atoms. The molecule has 0 spiro atoms. The van der Waals surface area contributed by atoms with Gasteiger partial charge >= 0.3 is 6.61 Å². The Morgan fingerprint density at radius 3 is 2.48 bits per heavy atom. The van der Waals surface area contributed by atoms with Crippen molar-refractivity contribution in [1.29, 1.82) is 0 Å². The van der Waals surface area contributed by atoms with Crippen LogP contribution < -0.4 is 15.4 Å². The highest BCUT2D eigenvalue weighted by atomic mass is 127. The third-order valence-electron chi connectivity index (χ3n) is 3.65. The summed E-state index contributed by atoms with van der Waals surface area (Å²) in [6.45, 7) is 2.65. The number of aliphatic hydroxyl groups excluding tert-OH is 1. The van der Waals surface area contributed by atoms with Gasteiger partial charge in [0.25, 0.3) is 0 Å². The molecule has 0 amide bonds. The third kappa shape index (κ3) is 7.97. The summed E-state index contributed by atoms with van der Waals surface area (Å²) in [6.07, 6.45) is -0.803. The summed E-state index contributed by atoms with van der Waals surface area (Å²) < 4.78 is 28.6. The lowest BCUT2D eigenvalue weighted by atomic mass is 10.1. The van der Waals surface area contributed by atoms with E-state index in [1.54, 1.807) is 23.5 Å². The quantitative estimate of drug-likeness (QED) is 0.284. The van der Waals surface area contributed by atoms with Crippen LogP contribution in [0.15, 0.2) is 40.7 Å². The van der Waals surface area contributed by atoms with Crippen LogP contribution in [0.2, 0.25) is 0 Å². The van der Waals surface area contributed by atoms with Crippen molar-refractivity contribution >= 4 is 41.3 Å². The van der Waals surface area contributed by atoms with Crippen molar-refractivity contribution in [2.75, 3.05) is 13.1 Å². The number of thiophene rings is 1. The first-order chi connectivity index (χ1) is 12.5. The second-order valence-corrected chi connectivity index (χ2v) is 6.57. The number of rotatable bonds is 8. The number of aliphatic hydroxyl groups is 1. The first-order valence-electron chi connectivity index (χ1n) is 8.27. The fraction of sp³-hybridized carbons (Fsp3) is 0.389. The Bertz CT molecular complexity index is 711. The highest BCUT2D eigenvalue weighted by Gasteiger charge is 2.10. The molecule has 3 N–H and O–H groups in total. The number of halogens is 3. The van der Waals surface area contributed by atoms with Crippen LogP contribution in [0.3, 0.4) is 0 Å². The van der Waals surface area contributed by atoms with E-state index in [4.69, 9.17) is 0 Å². The molecule has 0 aliphatic carbocycles. The Kier molecular flexibility index (Phi) is 10.6. The number of nitrogens with one attached hydrogen (secondary N) is 2. The summed E-state index contributed by atoms with van der Waals surface area (Å²) in [5.41, 5.74) is 1.81. The average molecular weight is 511 g/mol. The SMILES string of the molecule is CCNC(=NCc1sccc1C)NCC(O)c1ccc(OC(F)F)cc1.I. The van der Waals surface area contributed by atoms with Crippen LogP contribution in [-0.4, -0.2) is 30.8 Å². The van der Waals surface area contributed by atoms with Crippen molar-refractivity contribution in [3.63, 3.8) is 0 Å². The molecule has 0 saturated heterocycles. The van der Waals surface area contributed by atoms with Gasteiger partial charge in [-0.2, -0.15) is 8.78 Å². The second kappa shape index (κ2) is 12.1. The molecule has 1 aromatic heterocycles. The minimum atomic E-state index is -2.86. The maximum atomic E-state index is 12.2. The van der Waals surface area contributed by atoms with Gasteiger partial charge in [-0.1, -0.05) is 12.1 Å². The Balaban J connectivity index is 0.00000364. The number of benzene rings is 1. The van der Waals surface area contributed by atoms with Crippen molar-refractivity contribution in [2.24, 2.45) is 4.99 Å². The van der Waals surface area contributed by atoms with Crippen molar-refractivity contribution < 1.29 is 18.6 Å². The summed E-state index contributed by atoms with van der Waals surface area (Å²) in [6, 6.07) is 7.99. The van der Waals surface area contributed by atoms with E-state index in [9.17, 15) is 13.9 Å². The van der Waals surface area contributed by atoms with Gasteiger partial charge in [0.2, 0.25) is 0 Å². The van der Waals surface area contributed by atoms with Gasteiger partial charge < -0.3 is 20.5 Å². The minimum absolute atomic E-state index is 0. The largest absolute Gasteiger partial charge is 0.435 e. The minimum Gasteiger partial charge on any atom is -0.435 e. The smallest absolute Gasteiger partial charge is 0.387 e. The van der Waals surface area contributed by atoms with Crippen LogP contribution >= 0.6 is 35.3 Å². The average Bonchev–Trinajstić information content (AvgIpc) is 3.02. The Hall–Kier alpha value is -1.46. The number of hydrogen-bond acceptors (Lipinski definition) is 4. The van der Waals surface area contributed by atoms with E-state index < -0.39 is 12.7 Å². The monoisotopic (exact) mass is 511 g/mol. The molecule has 0 radical (unpaired) electrons. The van der Waals surface area contributed by atoms with Crippen molar-refractivity contribution in [1.82, 2.24) is 10.6 Å². The highest BCUT2D eigenvalue weighted by molar-refractivity contribution is 14.0. The zero-order valence-corrected chi connectivity index (χ0v) is 18.3. The van der Waals surface area contributed by atoms with Crippen LogP contribution in [-0.2, 0) is 6.54 Å². The number of guanidine groups is 1. The molecule has 2 rings (SSSR count). The standard InChI is InChI=1S/C18H23F2N3O2S.HI/c1-3-21-18(23-11-16-12(2)8-9-26-16)22-10-15(24)13-4-6-14(7-5-13)25-17(19)20;/h4-9,15,17,24H,3,10-11H2,1-2H3,(H2,21,22,23);1H. The van der Waals surface area contributed by atoms with Gasteiger partial charge in [0.15, 0.2) is 5.96 Å². The molecule has 150 valence electrons. The number of alkyl halides is 2. The van der Waals surface area contributed by atoms with Gasteiger partial charge in [0.05, 0.1) is 12.6 Å². The molecule has 1 heterocycles. The molecular weight excluding hydrogens is 487 g/mol. The topological polar surface area (TPSA) is 65.9 Å². The number of nitrogens with zero attached hydrogens (tertiary/aromatic N) is 1. The van der Waals surface area contributed by atoms with Crippen LogP contribution in [0, 0.1) is 6.92 Å². The molecule has 1 atom stereocenters. The van der Waals surface area contributed by atoms with Gasteiger partial charge in [-0.25, -0.2) is 4.99 Å². The van der Waals surface area contributed by atoms with Gasteiger partial charge in [0.1, 0.15) is 5.75 Å². The predicted octanol–water partition coefficient (Wildman–Crippen LogP) is 4.06. The molecular formula is C18H24F2IN3O2S. The zero-order valence-electron chi connectivity index (χ0n) is 15.1. The van der Waals surface area contributed by atoms with Crippen LogP contribution in [0.5, 0.6) is 5.75 Å². The van der Waals surface area contributed by atoms with E-state index in [0.29, 0.717) is 24.6 Å². The Labute approximate surface area is 178 Å². The number of hydrogen-bond donors (Lipinski definition) is 3. The Morgan fingerprint density at radius 1 is 1.22 bits per heavy atom. The molecule has 0 saturated carbocycles. The van der Waals surface area contributed by atoms with Gasteiger partial charge in [-0.05, 0) is 48.6 Å². The fourth-order valence-corrected chi connectivity index (χ4v) is 3.07. The lowest BCUT2D eigenvalue weighted by Crippen LogP contribution is -2.39. The molecule has 5 nitrogen and oxygen atoms in total. The molecule has 2 aromatic rings. The number of ether oxygens (including phenoxy) is 1. The van der Waals surface area contributed by atoms with Crippen molar-refractivity contribution in [2.45, 2.75) is 33.1 Å². The van der Waals surface area contributed by atoms with E-state index in [-0.39, 0.29) is 36.3 Å². The van der Waals surface area contributed by atoms with E-state index >= 15 is 0 Å². The summed E-state index contributed by atoms with van der Waals surface area (Å²) in [5, 5.41) is 18.5. The Morgan fingerprint density at radius 2 is 1.93 bits per heavy atom. The fourth-order valence-electron chi connectivity index (χ4n) is 2.24. The zero-order chi connectivity index (χ0) is 18.9. The first-order valence-corrected chi connectivity index (χ1v) is 9.15. The van der Waals surface area contributed by atoms with Crippen LogP contribution in [0.25, 0.3) is 0 Å². The van der Waals surface area contributed by atoms with Crippen LogP contribution in [0.1, 0.15) is 29.0 Å². The second-order valence-electron chi connectivity index (χ2n) is 5.57. The third-order valence-corrected chi connectivity index (χ3v) is 4.65. The lowest BCUT2D eigenvalue weighted by molar-refractivity contribution is -0.0498. The first kappa shape index (κ1) is 23.6. The maximum Gasteiger partial charge on any atom is 0.387 e. The highest BCUT2D eigenvalue weighted by Crippen LogP contribution is 2.19. The summed E-state index contributed by atoms with van der Waals surface area (Å²) in [7, 11) is 0. The van der Waals surface area contributed by atoms with Crippen molar-refractivity contribution in [3.05, 3.63) is 51.7 Å². The molecule has 0 fully saturated rings. The van der Waals surface area contributed by atoms with Gasteiger partial charge in [-0.3, -0.25) is 0 Å². The molecule has 1 aromatic carbocycles. The van der Waals surface area contributed by atoms with Gasteiger partial charge in [0, 0.05) is 18.0 Å². The summed E-state index contributed by atoms with van der Waals surface area (Å²) >= 11 is 1.66. The number of aryl methyl sites for hydroxylation is 1. The van der Waals surface area contributed by atoms with E-state index in [2.05, 4.69) is 26.4 Å². The summed E-state index contributed by atoms with van der Waals surface area (Å²) in [4.78, 5) is 5.71. The molecule has 0 aliphatic heterocycles. The van der Waals surface area contributed by atoms with Crippen molar-refractivity contribution in [3.8, 4) is 5.75 Å². The maximum absolute atomic E-state index is 12.2. The normalized spacial score (nSPS) is 12.4. The molecule has 27 heavy (non-hydrogen) atoms. The molecule has 9 heteroatoms. The van der Waals surface area contributed by atoms with E-state index in [1.165, 1.54) is 22.6 Å². The van der Waals surface area contributed by atoms with E-state index in [1.807, 2.05) is 19.2 Å². The van der Waals surface area contributed by atoms with Crippen LogP contribution in [0.4, 0.5) is 8.78 Å². The lowest BCUT2D eigenvalue weighted by Gasteiger charge is -2.16. The molecule has 0 aliphatic rings. The van der Waals surface area contributed by atoms with Gasteiger partial charge in [-0.15, -0.1) is 35.3 Å². The predicted molar refractivity (Wildman–Crippen MR) is 115 cm³/mol. The summed E-state index contributed by atoms with van der Waals surface area (Å²) in [5.74, 6) is 0.669. The molecule has 1 unspecified atom stereocenters. The van der Waals surface area contributed by atoms with E-state index in [0.717, 1.165) is 0 Å². The number of aliphatic imine (C=N–C) groups is 1.